The Morgan fingerprint density at radius 1 is 1.00 bits per heavy atom. The van der Waals surface area contributed by atoms with Gasteiger partial charge in [0.25, 0.3) is 0 Å². The van der Waals surface area contributed by atoms with Gasteiger partial charge in [-0.3, -0.25) is 9.80 Å². The minimum Gasteiger partial charge on any atom is -0.357 e. The predicted molar refractivity (Wildman–Crippen MR) is 108 cm³/mol. The van der Waals surface area contributed by atoms with Gasteiger partial charge in [0.1, 0.15) is 0 Å². The van der Waals surface area contributed by atoms with Gasteiger partial charge in [0, 0.05) is 61.0 Å². The molecule has 1 aromatic carbocycles. The summed E-state index contributed by atoms with van der Waals surface area (Å²) >= 11 is 0. The first kappa shape index (κ1) is 19.5. The maximum atomic E-state index is 12.8. The lowest BCUT2D eigenvalue weighted by Gasteiger charge is -2.28. The van der Waals surface area contributed by atoms with E-state index in [1.54, 1.807) is 0 Å². The molecule has 158 valence electrons. The topological polar surface area (TPSA) is 48.1 Å². The largest absolute Gasteiger partial charge is 0.451 e. The van der Waals surface area contributed by atoms with E-state index in [0.29, 0.717) is 25.2 Å². The van der Waals surface area contributed by atoms with Crippen LogP contribution in [0.1, 0.15) is 41.2 Å². The number of aromatic amines is 1. The molecule has 1 saturated heterocycles. The molecule has 0 bridgehead atoms. The average Bonchev–Trinajstić information content (AvgIpc) is 3.36. The van der Waals surface area contributed by atoms with Crippen molar-refractivity contribution in [3.8, 4) is 0 Å². The number of alkyl halides is 3. The Labute approximate surface area is 172 Å². The van der Waals surface area contributed by atoms with Crippen LogP contribution in [0.4, 0.5) is 13.2 Å². The van der Waals surface area contributed by atoms with E-state index in [1.807, 2.05) is 0 Å². The van der Waals surface area contributed by atoms with Gasteiger partial charge in [-0.2, -0.15) is 13.2 Å². The van der Waals surface area contributed by atoms with Crippen molar-refractivity contribution in [1.82, 2.24) is 24.8 Å². The van der Waals surface area contributed by atoms with Crippen LogP contribution in [0.15, 0.2) is 30.5 Å². The number of H-pyrrole nitrogens is 1. The van der Waals surface area contributed by atoms with Gasteiger partial charge in [-0.15, -0.1) is 0 Å². The summed E-state index contributed by atoms with van der Waals surface area (Å²) < 4.78 is 38.5. The maximum absolute atomic E-state index is 12.8. The van der Waals surface area contributed by atoms with Gasteiger partial charge in [0.05, 0.1) is 5.69 Å². The Morgan fingerprint density at radius 2 is 1.83 bits per heavy atom. The summed E-state index contributed by atoms with van der Waals surface area (Å²) in [6.07, 6.45) is -0.0891. The zero-order valence-corrected chi connectivity index (χ0v) is 16.7. The number of hydrogen-bond acceptors (Lipinski definition) is 4. The lowest BCUT2D eigenvalue weighted by atomic mass is 10.1. The van der Waals surface area contributed by atoms with Crippen molar-refractivity contribution in [2.75, 3.05) is 19.6 Å². The van der Waals surface area contributed by atoms with Crippen molar-refractivity contribution in [2.45, 2.75) is 45.1 Å². The van der Waals surface area contributed by atoms with E-state index in [-0.39, 0.29) is 0 Å². The third-order valence-electron chi connectivity index (χ3n) is 6.01. The van der Waals surface area contributed by atoms with Crippen LogP contribution in [0.25, 0.3) is 10.9 Å². The number of hydrogen-bond donors (Lipinski definition) is 1. The van der Waals surface area contributed by atoms with Crippen LogP contribution >= 0.6 is 0 Å². The molecule has 0 unspecified atom stereocenters. The molecular formula is C22H24F3N5. The molecule has 5 nitrogen and oxygen atoms in total. The quantitative estimate of drug-likeness (QED) is 0.696. The van der Waals surface area contributed by atoms with Crippen LogP contribution < -0.4 is 0 Å². The number of likely N-dealkylation sites (tertiary alicyclic amines) is 1. The van der Waals surface area contributed by atoms with Crippen LogP contribution in [-0.2, 0) is 32.2 Å². The lowest BCUT2D eigenvalue weighted by molar-refractivity contribution is -0.145. The van der Waals surface area contributed by atoms with E-state index in [4.69, 9.17) is 0 Å². The lowest BCUT2D eigenvalue weighted by Crippen LogP contribution is -2.31. The van der Waals surface area contributed by atoms with Crippen LogP contribution in [0.3, 0.4) is 0 Å². The summed E-state index contributed by atoms with van der Waals surface area (Å²) in [5.41, 5.74) is 4.88. The van der Waals surface area contributed by atoms with Crippen molar-refractivity contribution >= 4 is 10.9 Å². The molecule has 0 spiro atoms. The second kappa shape index (κ2) is 7.67. The van der Waals surface area contributed by atoms with E-state index in [2.05, 4.69) is 49.0 Å². The van der Waals surface area contributed by atoms with Gasteiger partial charge in [0.15, 0.2) is 0 Å². The molecule has 8 heteroatoms. The first-order valence-electron chi connectivity index (χ1n) is 10.4. The summed E-state index contributed by atoms with van der Waals surface area (Å²) in [5, 5.41) is 1.21. The fourth-order valence-electron chi connectivity index (χ4n) is 4.51. The highest BCUT2D eigenvalue weighted by Crippen LogP contribution is 2.28. The van der Waals surface area contributed by atoms with Crippen molar-refractivity contribution in [2.24, 2.45) is 0 Å². The van der Waals surface area contributed by atoms with Crippen LogP contribution in [0.5, 0.6) is 0 Å². The first-order valence-corrected chi connectivity index (χ1v) is 10.4. The molecule has 0 radical (unpaired) electrons. The monoisotopic (exact) mass is 415 g/mol. The van der Waals surface area contributed by atoms with E-state index in [0.717, 1.165) is 24.2 Å². The highest BCUT2D eigenvalue weighted by atomic mass is 19.4. The van der Waals surface area contributed by atoms with Gasteiger partial charge < -0.3 is 4.98 Å². The average molecular weight is 415 g/mol. The van der Waals surface area contributed by atoms with E-state index >= 15 is 0 Å². The summed E-state index contributed by atoms with van der Waals surface area (Å²) in [7, 11) is 0. The van der Waals surface area contributed by atoms with Gasteiger partial charge >= 0.3 is 6.18 Å². The molecular weight excluding hydrogens is 391 g/mol. The molecule has 4 heterocycles. The molecule has 5 rings (SSSR count). The first-order chi connectivity index (χ1) is 14.4. The summed E-state index contributed by atoms with van der Waals surface area (Å²) in [6.45, 7) is 5.32. The fraction of sp³-hybridized carbons (Fsp3) is 0.455. The Hall–Kier alpha value is -2.45. The molecule has 3 aromatic rings. The second-order valence-electron chi connectivity index (χ2n) is 8.32. The smallest absolute Gasteiger partial charge is 0.357 e. The SMILES string of the molecule is FC(F)(F)c1ncc2c(n1)CCN(Cc1ccc3[nH]c(CN4CCCC4)cc3c1)C2. The van der Waals surface area contributed by atoms with Gasteiger partial charge in [-0.05, 0) is 49.7 Å². The minimum atomic E-state index is -4.49. The third kappa shape index (κ3) is 4.06. The molecule has 0 amide bonds. The number of benzene rings is 1. The number of aromatic nitrogens is 3. The van der Waals surface area contributed by atoms with E-state index < -0.39 is 12.0 Å². The number of nitrogens with one attached hydrogen (secondary N) is 1. The van der Waals surface area contributed by atoms with Crippen LogP contribution in [0, 0.1) is 0 Å². The van der Waals surface area contributed by atoms with Gasteiger partial charge in [-0.1, -0.05) is 6.07 Å². The zero-order chi connectivity index (χ0) is 20.7. The van der Waals surface area contributed by atoms with E-state index in [9.17, 15) is 13.2 Å². The van der Waals surface area contributed by atoms with Crippen molar-refractivity contribution < 1.29 is 13.2 Å². The van der Waals surface area contributed by atoms with Crippen LogP contribution in [-0.4, -0.2) is 44.4 Å². The van der Waals surface area contributed by atoms with Crippen LogP contribution in [0.2, 0.25) is 0 Å². The van der Waals surface area contributed by atoms with Crippen molar-refractivity contribution in [3.63, 3.8) is 0 Å². The minimum absolute atomic E-state index is 0.507. The fourth-order valence-corrected chi connectivity index (χ4v) is 4.51. The molecule has 2 aliphatic rings. The van der Waals surface area contributed by atoms with Gasteiger partial charge in [-0.25, -0.2) is 9.97 Å². The van der Waals surface area contributed by atoms with Gasteiger partial charge in [0.2, 0.25) is 5.82 Å². The Bertz CT molecular complexity index is 1050. The molecule has 2 aromatic heterocycles. The summed E-state index contributed by atoms with van der Waals surface area (Å²) in [4.78, 5) is 15.5. The highest BCUT2D eigenvalue weighted by Gasteiger charge is 2.35. The summed E-state index contributed by atoms with van der Waals surface area (Å²) in [6, 6.07) is 8.68. The molecule has 1 fully saturated rings. The molecule has 2 aliphatic heterocycles. The Kier molecular flexibility index (Phi) is 4.99. The third-order valence-corrected chi connectivity index (χ3v) is 6.01. The molecule has 30 heavy (non-hydrogen) atoms. The highest BCUT2D eigenvalue weighted by molar-refractivity contribution is 5.81. The van der Waals surface area contributed by atoms with Crippen molar-refractivity contribution in [1.29, 1.82) is 0 Å². The molecule has 0 atom stereocenters. The number of nitrogens with zero attached hydrogens (tertiary/aromatic N) is 4. The second-order valence-corrected chi connectivity index (χ2v) is 8.32. The number of halogens is 3. The molecule has 1 N–H and O–H groups in total. The summed E-state index contributed by atoms with van der Waals surface area (Å²) in [5.74, 6) is -1.04. The zero-order valence-electron chi connectivity index (χ0n) is 16.7. The molecule has 0 aliphatic carbocycles. The predicted octanol–water partition coefficient (Wildman–Crippen LogP) is 4.13. The number of rotatable bonds is 4. The maximum Gasteiger partial charge on any atom is 0.451 e. The van der Waals surface area contributed by atoms with E-state index in [1.165, 1.54) is 48.8 Å². The Balaban J connectivity index is 1.27. The molecule has 0 saturated carbocycles. The normalized spacial score (nSPS) is 18.2. The Morgan fingerprint density at radius 3 is 2.63 bits per heavy atom. The standard InChI is InChI=1S/C22H24F3N5/c23-22(24,25)21-26-11-17-13-30(8-5-20(17)28-21)12-15-3-4-19-16(9-15)10-18(27-19)14-29-6-1-2-7-29/h3-4,9-11,27H,1-2,5-8,12-14H2. The number of fused-ring (bicyclic) bond motifs is 2. The van der Waals surface area contributed by atoms with Crippen molar-refractivity contribution in [3.05, 3.63) is 58.8 Å².